The van der Waals surface area contributed by atoms with Crippen molar-refractivity contribution in [2.45, 2.75) is 20.5 Å². The Bertz CT molecular complexity index is 581. The van der Waals surface area contributed by atoms with Gasteiger partial charge >= 0.3 is 5.97 Å². The molecule has 112 valence electrons. The molecule has 0 unspecified atom stereocenters. The monoisotopic (exact) mass is 510 g/mol. The van der Waals surface area contributed by atoms with Gasteiger partial charge in [0, 0.05) is 5.70 Å². The van der Waals surface area contributed by atoms with Gasteiger partial charge in [0.2, 0.25) is 0 Å². The zero-order valence-electron chi connectivity index (χ0n) is 11.7. The topological polar surface area (TPSA) is 62.2 Å². The second-order valence-electron chi connectivity index (χ2n) is 4.16. The number of benzene rings is 1. The van der Waals surface area contributed by atoms with Crippen molar-refractivity contribution in [2.75, 3.05) is 0 Å². The number of hydrogen-bond donors (Lipinski definition) is 2. The van der Waals surface area contributed by atoms with Gasteiger partial charge in [0.15, 0.2) is 0 Å². The molecule has 0 saturated carbocycles. The predicted molar refractivity (Wildman–Crippen MR) is 102 cm³/mol. The highest BCUT2D eigenvalue weighted by Crippen LogP contribution is 2.18. The van der Waals surface area contributed by atoms with E-state index in [0.717, 1.165) is 11.3 Å². The molecule has 0 radical (unpaired) electrons. The minimum atomic E-state index is -0.501. The summed E-state index contributed by atoms with van der Waals surface area (Å²) in [7, 11) is 0. The van der Waals surface area contributed by atoms with Crippen molar-refractivity contribution in [3.8, 4) is 0 Å². The van der Waals surface area contributed by atoms with Gasteiger partial charge in [-0.3, -0.25) is 5.41 Å². The Labute approximate surface area is 151 Å². The average Bonchev–Trinajstić information content (AvgIpc) is 2.45. The molecule has 0 amide bonds. The number of carbonyl (C=O) groups excluding carboxylic acids is 1. The molecule has 2 N–H and O–H groups in total. The van der Waals surface area contributed by atoms with Gasteiger partial charge in [0.25, 0.3) is 0 Å². The minimum Gasteiger partial charge on any atom is -0.457 e. The molecule has 1 aromatic rings. The van der Waals surface area contributed by atoms with E-state index in [1.807, 2.05) is 95.4 Å². The molecule has 0 aliphatic carbocycles. The fourth-order valence-electron chi connectivity index (χ4n) is 1.38. The number of hydrogen-bond acceptors (Lipinski definition) is 4. The van der Waals surface area contributed by atoms with Gasteiger partial charge in [-0.05, 0) is 64.6 Å². The number of halogens is 2. The van der Waals surface area contributed by atoms with Crippen molar-refractivity contribution < 1.29 is 9.53 Å². The number of carbonyl (C=O) groups is 1. The molecular formula is C15H16I2N2O2. The summed E-state index contributed by atoms with van der Waals surface area (Å²) in [4.78, 5) is 12.2. The molecule has 0 aromatic heterocycles. The molecular weight excluding hydrogens is 494 g/mol. The van der Waals surface area contributed by atoms with E-state index in [9.17, 15) is 4.79 Å². The second kappa shape index (κ2) is 9.19. The predicted octanol–water partition coefficient (Wildman–Crippen LogP) is 4.30. The van der Waals surface area contributed by atoms with E-state index < -0.39 is 5.97 Å². The van der Waals surface area contributed by atoms with E-state index in [0.29, 0.717) is 3.70 Å². The zero-order chi connectivity index (χ0) is 15.8. The first-order chi connectivity index (χ1) is 9.95. The molecule has 1 aromatic carbocycles. The Hall–Kier alpha value is -0.900. The Balaban J connectivity index is 2.83. The fraction of sp³-hybridized carbons (Fsp3) is 0.200. The van der Waals surface area contributed by atoms with Crippen molar-refractivity contribution in [3.05, 3.63) is 56.9 Å². The van der Waals surface area contributed by atoms with Crippen LogP contribution in [0.4, 0.5) is 0 Å². The van der Waals surface area contributed by atoms with E-state index in [1.54, 1.807) is 0 Å². The van der Waals surface area contributed by atoms with Crippen LogP contribution in [-0.4, -0.2) is 9.69 Å². The lowest BCUT2D eigenvalue weighted by Gasteiger charge is -2.11. The van der Waals surface area contributed by atoms with Gasteiger partial charge in [0.05, 0.1) is 3.70 Å². The highest BCUT2D eigenvalue weighted by molar-refractivity contribution is 14.1. The van der Waals surface area contributed by atoms with Gasteiger partial charge < -0.3 is 10.1 Å². The third-order valence-electron chi connectivity index (χ3n) is 2.60. The number of nitrogens with one attached hydrogen (secondary N) is 2. The van der Waals surface area contributed by atoms with Crippen LogP contribution in [0.25, 0.3) is 0 Å². The smallest absolute Gasteiger partial charge is 0.343 e. The molecule has 4 nitrogen and oxygen atoms in total. The van der Waals surface area contributed by atoms with E-state index in [4.69, 9.17) is 10.1 Å². The first kappa shape index (κ1) is 18.1. The molecule has 0 saturated heterocycles. The van der Waals surface area contributed by atoms with Crippen LogP contribution in [0.2, 0.25) is 0 Å². The number of allylic oxidation sites excluding steroid dienone is 2. The Morgan fingerprint density at radius 1 is 1.33 bits per heavy atom. The number of esters is 1. The summed E-state index contributed by atoms with van der Waals surface area (Å²) in [5.74, 6) is -0.501. The SMILES string of the molecule is C/C=C(/C)NC(I)=C(C(=N)I)C(=O)OCc1ccccc1. The third kappa shape index (κ3) is 6.16. The fourth-order valence-corrected chi connectivity index (χ4v) is 3.30. The molecule has 0 aliphatic heterocycles. The molecule has 21 heavy (non-hydrogen) atoms. The van der Waals surface area contributed by atoms with Crippen molar-refractivity contribution in [3.63, 3.8) is 0 Å². The normalized spacial score (nSPS) is 12.5. The largest absolute Gasteiger partial charge is 0.457 e. The van der Waals surface area contributed by atoms with Crippen LogP contribution in [0, 0.1) is 5.41 Å². The first-order valence-electron chi connectivity index (χ1n) is 6.21. The Kier molecular flexibility index (Phi) is 7.94. The zero-order valence-corrected chi connectivity index (χ0v) is 16.1. The molecule has 0 bridgehead atoms. The van der Waals surface area contributed by atoms with Gasteiger partial charge in [-0.25, -0.2) is 4.79 Å². The summed E-state index contributed by atoms with van der Waals surface area (Å²) in [5, 5.41) is 10.8. The maximum absolute atomic E-state index is 12.2. The van der Waals surface area contributed by atoms with Crippen LogP contribution >= 0.6 is 45.2 Å². The summed E-state index contributed by atoms with van der Waals surface area (Å²) in [6, 6.07) is 9.46. The van der Waals surface area contributed by atoms with Crippen LogP contribution in [0.1, 0.15) is 19.4 Å². The minimum absolute atomic E-state index is 0.145. The molecule has 0 fully saturated rings. The van der Waals surface area contributed by atoms with E-state index in [-0.39, 0.29) is 15.9 Å². The highest BCUT2D eigenvalue weighted by atomic mass is 127. The molecule has 0 aliphatic rings. The van der Waals surface area contributed by atoms with Gasteiger partial charge in [-0.15, -0.1) is 0 Å². The summed E-state index contributed by atoms with van der Waals surface area (Å²) >= 11 is 3.82. The van der Waals surface area contributed by atoms with Crippen LogP contribution in [0.15, 0.2) is 51.4 Å². The van der Waals surface area contributed by atoms with Gasteiger partial charge in [0.1, 0.15) is 15.9 Å². The second-order valence-corrected chi connectivity index (χ2v) is 6.32. The quantitative estimate of drug-likeness (QED) is 0.197. The summed E-state index contributed by atoms with van der Waals surface area (Å²) in [5.41, 5.74) is 2.07. The van der Waals surface area contributed by atoms with E-state index in [2.05, 4.69) is 5.32 Å². The van der Waals surface area contributed by atoms with Crippen LogP contribution in [0.5, 0.6) is 0 Å². The summed E-state index contributed by atoms with van der Waals surface area (Å²) in [6.45, 7) is 3.98. The number of ether oxygens (including phenoxy) is 1. The molecule has 1 rings (SSSR count). The molecule has 6 heteroatoms. The third-order valence-corrected chi connectivity index (χ3v) is 3.94. The van der Waals surface area contributed by atoms with Crippen molar-refractivity contribution in [1.29, 1.82) is 5.41 Å². The summed E-state index contributed by atoms with van der Waals surface area (Å²) < 4.78 is 6.01. The van der Waals surface area contributed by atoms with Crippen LogP contribution in [-0.2, 0) is 16.1 Å². The molecule has 0 spiro atoms. The Morgan fingerprint density at radius 2 is 1.95 bits per heavy atom. The van der Waals surface area contributed by atoms with Crippen molar-refractivity contribution >= 4 is 54.9 Å². The van der Waals surface area contributed by atoms with Gasteiger partial charge in [-0.2, -0.15) is 0 Å². The van der Waals surface area contributed by atoms with E-state index in [1.165, 1.54) is 0 Å². The average molecular weight is 510 g/mol. The van der Waals surface area contributed by atoms with Crippen molar-refractivity contribution in [1.82, 2.24) is 5.32 Å². The van der Waals surface area contributed by atoms with Crippen LogP contribution < -0.4 is 5.32 Å². The maximum Gasteiger partial charge on any atom is 0.343 e. The maximum atomic E-state index is 12.2. The molecule has 0 heterocycles. The van der Waals surface area contributed by atoms with Crippen LogP contribution in [0.3, 0.4) is 0 Å². The number of rotatable bonds is 6. The Morgan fingerprint density at radius 3 is 2.48 bits per heavy atom. The van der Waals surface area contributed by atoms with E-state index >= 15 is 0 Å². The van der Waals surface area contributed by atoms with Crippen molar-refractivity contribution in [2.24, 2.45) is 0 Å². The highest BCUT2D eigenvalue weighted by Gasteiger charge is 2.19. The lowest BCUT2D eigenvalue weighted by molar-refractivity contribution is -0.139. The van der Waals surface area contributed by atoms with Gasteiger partial charge in [-0.1, -0.05) is 36.4 Å². The lowest BCUT2D eigenvalue weighted by Crippen LogP contribution is -2.18. The standard InChI is InChI=1S/C15H16I2N2O2/c1-3-10(2)19-14(17)12(13(16)18)15(20)21-9-11-7-5-4-6-8-11/h3-8,18-19H,9H2,1-2H3/b10-3-,14-12?,18-13?. The first-order valence-corrected chi connectivity index (χ1v) is 8.36. The lowest BCUT2D eigenvalue weighted by atomic mass is 10.2. The summed E-state index contributed by atoms with van der Waals surface area (Å²) in [6.07, 6.45) is 1.89. The molecule has 0 atom stereocenters.